The third kappa shape index (κ3) is 4.32. The predicted octanol–water partition coefficient (Wildman–Crippen LogP) is 4.24. The molecule has 0 spiro atoms. The van der Waals surface area contributed by atoms with Crippen LogP contribution in [0.5, 0.6) is 0 Å². The fourth-order valence-corrected chi connectivity index (χ4v) is 3.68. The number of halogens is 1. The molecule has 1 amide bonds. The number of hydrogen-bond acceptors (Lipinski definition) is 4. The molecule has 148 valence electrons. The normalized spacial score (nSPS) is 14.9. The minimum atomic E-state index is -0.0377. The first-order valence-corrected chi connectivity index (χ1v) is 9.78. The predicted molar refractivity (Wildman–Crippen MR) is 116 cm³/mol. The molecule has 6 heteroatoms. The average molecular weight is 399 g/mol. The Balaban J connectivity index is 1.83. The Morgan fingerprint density at radius 2 is 2.00 bits per heavy atom. The van der Waals surface area contributed by atoms with Crippen LogP contribution in [0.1, 0.15) is 36.7 Å². The first kappa shape index (κ1) is 20.2. The smallest absolute Gasteiger partial charge is 0.251 e. The SMILES string of the molecule is CC1=C(Cc2cccc(C(=O)NC(C)C)c2)CN(C)N1c1ccc(N)c(Cl)c1. The molecule has 1 aliphatic rings. The van der Waals surface area contributed by atoms with Gasteiger partial charge in [0.05, 0.1) is 16.4 Å². The van der Waals surface area contributed by atoms with E-state index < -0.39 is 0 Å². The molecule has 2 aromatic rings. The van der Waals surface area contributed by atoms with Crippen LogP contribution < -0.4 is 16.1 Å². The highest BCUT2D eigenvalue weighted by Crippen LogP contribution is 2.33. The summed E-state index contributed by atoms with van der Waals surface area (Å²) in [7, 11) is 2.05. The van der Waals surface area contributed by atoms with Crippen molar-refractivity contribution in [2.24, 2.45) is 0 Å². The lowest BCUT2D eigenvalue weighted by atomic mass is 10.0. The van der Waals surface area contributed by atoms with Crippen LogP contribution in [0, 0.1) is 0 Å². The number of rotatable bonds is 5. The van der Waals surface area contributed by atoms with Gasteiger partial charge < -0.3 is 11.1 Å². The first-order chi connectivity index (χ1) is 13.3. The van der Waals surface area contributed by atoms with E-state index in [0.29, 0.717) is 16.3 Å². The monoisotopic (exact) mass is 398 g/mol. The maximum absolute atomic E-state index is 12.3. The molecule has 0 aromatic heterocycles. The Morgan fingerprint density at radius 3 is 2.68 bits per heavy atom. The molecular weight excluding hydrogens is 372 g/mol. The van der Waals surface area contributed by atoms with Crippen molar-refractivity contribution in [2.75, 3.05) is 24.3 Å². The number of nitrogens with one attached hydrogen (secondary N) is 1. The molecule has 0 unspecified atom stereocenters. The summed E-state index contributed by atoms with van der Waals surface area (Å²) in [6.07, 6.45) is 0.790. The highest BCUT2D eigenvalue weighted by molar-refractivity contribution is 6.33. The van der Waals surface area contributed by atoms with Gasteiger partial charge in [0.25, 0.3) is 5.91 Å². The molecule has 0 radical (unpaired) electrons. The van der Waals surface area contributed by atoms with E-state index in [0.717, 1.165) is 24.2 Å². The molecule has 3 N–H and O–H groups in total. The van der Waals surface area contributed by atoms with Gasteiger partial charge in [-0.25, -0.2) is 5.01 Å². The number of hydrazine groups is 1. The van der Waals surface area contributed by atoms with Gasteiger partial charge in [0.15, 0.2) is 0 Å². The van der Waals surface area contributed by atoms with E-state index in [-0.39, 0.29) is 11.9 Å². The van der Waals surface area contributed by atoms with Crippen molar-refractivity contribution < 1.29 is 4.79 Å². The van der Waals surface area contributed by atoms with E-state index in [4.69, 9.17) is 17.3 Å². The second-order valence-electron chi connectivity index (χ2n) is 7.53. The average Bonchev–Trinajstić information content (AvgIpc) is 2.91. The molecule has 5 nitrogen and oxygen atoms in total. The van der Waals surface area contributed by atoms with E-state index in [1.807, 2.05) is 57.3 Å². The standard InChI is InChI=1S/C22H27ClN4O/c1-14(2)25-22(28)17-7-5-6-16(10-17)11-18-13-26(4)27(15(18)3)19-8-9-21(24)20(23)12-19/h5-10,12,14H,11,13,24H2,1-4H3,(H,25,28). The zero-order valence-electron chi connectivity index (χ0n) is 16.8. The summed E-state index contributed by atoms with van der Waals surface area (Å²) in [6, 6.07) is 13.6. The van der Waals surface area contributed by atoms with E-state index in [1.54, 1.807) is 0 Å². The third-order valence-electron chi connectivity index (χ3n) is 4.85. The van der Waals surface area contributed by atoms with Gasteiger partial charge in [-0.1, -0.05) is 23.7 Å². The number of nitrogens with two attached hydrogens (primary N) is 1. The van der Waals surface area contributed by atoms with Crippen LogP contribution in [-0.4, -0.2) is 30.6 Å². The highest BCUT2D eigenvalue weighted by atomic mass is 35.5. The summed E-state index contributed by atoms with van der Waals surface area (Å²) in [4.78, 5) is 12.3. The zero-order valence-corrected chi connectivity index (χ0v) is 17.5. The maximum Gasteiger partial charge on any atom is 0.251 e. The van der Waals surface area contributed by atoms with Crippen LogP contribution in [0.4, 0.5) is 11.4 Å². The second kappa shape index (κ2) is 8.25. The molecule has 1 heterocycles. The van der Waals surface area contributed by atoms with Gasteiger partial charge in [-0.3, -0.25) is 9.80 Å². The van der Waals surface area contributed by atoms with E-state index in [1.165, 1.54) is 11.3 Å². The lowest BCUT2D eigenvalue weighted by Gasteiger charge is -2.28. The number of hydrogen-bond donors (Lipinski definition) is 2. The van der Waals surface area contributed by atoms with Crippen LogP contribution in [0.25, 0.3) is 0 Å². The highest BCUT2D eigenvalue weighted by Gasteiger charge is 2.26. The summed E-state index contributed by atoms with van der Waals surface area (Å²) >= 11 is 6.21. The van der Waals surface area contributed by atoms with Crippen molar-refractivity contribution >= 4 is 28.9 Å². The van der Waals surface area contributed by atoms with Crippen molar-refractivity contribution in [1.82, 2.24) is 10.3 Å². The topological polar surface area (TPSA) is 61.6 Å². The van der Waals surface area contributed by atoms with Crippen molar-refractivity contribution in [3.8, 4) is 0 Å². The van der Waals surface area contributed by atoms with E-state index >= 15 is 0 Å². The Morgan fingerprint density at radius 1 is 1.25 bits per heavy atom. The summed E-state index contributed by atoms with van der Waals surface area (Å²) in [5.74, 6) is -0.0377. The van der Waals surface area contributed by atoms with E-state index in [2.05, 4.69) is 28.3 Å². The molecule has 0 fully saturated rings. The summed E-state index contributed by atoms with van der Waals surface area (Å²) < 4.78 is 0. The van der Waals surface area contributed by atoms with Crippen molar-refractivity contribution in [2.45, 2.75) is 33.2 Å². The van der Waals surface area contributed by atoms with Crippen LogP contribution in [0.3, 0.4) is 0 Å². The largest absolute Gasteiger partial charge is 0.398 e. The Kier molecular flexibility index (Phi) is 5.96. The molecule has 1 aliphatic heterocycles. The molecule has 0 aliphatic carbocycles. The lowest BCUT2D eigenvalue weighted by Crippen LogP contribution is -2.33. The fourth-order valence-electron chi connectivity index (χ4n) is 3.50. The number of amides is 1. The van der Waals surface area contributed by atoms with Crippen LogP contribution in [-0.2, 0) is 6.42 Å². The van der Waals surface area contributed by atoms with Crippen molar-refractivity contribution in [3.05, 3.63) is 69.9 Å². The van der Waals surface area contributed by atoms with E-state index in [9.17, 15) is 4.79 Å². The number of carbonyl (C=O) groups excluding carboxylic acids is 1. The summed E-state index contributed by atoms with van der Waals surface area (Å²) in [5, 5.41) is 7.80. The van der Waals surface area contributed by atoms with Gasteiger partial charge >= 0.3 is 0 Å². The summed E-state index contributed by atoms with van der Waals surface area (Å²) in [5.41, 5.74) is 11.7. The minimum absolute atomic E-state index is 0.0377. The van der Waals surface area contributed by atoms with Crippen LogP contribution in [0.2, 0.25) is 5.02 Å². The van der Waals surface area contributed by atoms with Gasteiger partial charge in [0.2, 0.25) is 0 Å². The van der Waals surface area contributed by atoms with Crippen molar-refractivity contribution in [1.29, 1.82) is 0 Å². The maximum atomic E-state index is 12.3. The number of likely N-dealkylation sites (N-methyl/N-ethyl adjacent to an activating group) is 1. The first-order valence-electron chi connectivity index (χ1n) is 9.41. The molecular formula is C22H27ClN4O. The molecule has 0 bridgehead atoms. The van der Waals surface area contributed by atoms with Crippen LogP contribution in [0.15, 0.2) is 53.7 Å². The summed E-state index contributed by atoms with van der Waals surface area (Å²) in [6.45, 7) is 6.85. The molecule has 3 rings (SSSR count). The number of allylic oxidation sites excluding steroid dienone is 1. The van der Waals surface area contributed by atoms with Crippen LogP contribution >= 0.6 is 11.6 Å². The number of carbonyl (C=O) groups is 1. The molecule has 0 saturated carbocycles. The molecule has 0 saturated heterocycles. The quantitative estimate of drug-likeness (QED) is 0.739. The Labute approximate surface area is 171 Å². The number of benzene rings is 2. The van der Waals surface area contributed by atoms with Crippen molar-refractivity contribution in [3.63, 3.8) is 0 Å². The Hall–Kier alpha value is -2.50. The second-order valence-corrected chi connectivity index (χ2v) is 7.93. The molecule has 28 heavy (non-hydrogen) atoms. The van der Waals surface area contributed by atoms with Gasteiger partial charge in [-0.05, 0) is 68.7 Å². The molecule has 2 aromatic carbocycles. The van der Waals surface area contributed by atoms with Gasteiger partial charge in [-0.15, -0.1) is 0 Å². The lowest BCUT2D eigenvalue weighted by molar-refractivity contribution is 0.0943. The van der Waals surface area contributed by atoms with Gasteiger partial charge in [-0.2, -0.15) is 0 Å². The Bertz CT molecular complexity index is 923. The van der Waals surface area contributed by atoms with Gasteiger partial charge in [0, 0.05) is 30.9 Å². The minimum Gasteiger partial charge on any atom is -0.398 e. The zero-order chi connectivity index (χ0) is 20.4. The van der Waals surface area contributed by atoms with Gasteiger partial charge in [0.1, 0.15) is 0 Å². The number of nitrogen functional groups attached to an aromatic ring is 1. The number of nitrogens with zero attached hydrogens (tertiary/aromatic N) is 2. The fraction of sp³-hybridized carbons (Fsp3) is 0.318. The third-order valence-corrected chi connectivity index (χ3v) is 5.17. The molecule has 0 atom stereocenters. The number of anilines is 2.